The SMILES string of the molecule is CCN(CC(=O)C(C)(C)C)CC(F)(F)F. The van der Waals surface area contributed by atoms with Gasteiger partial charge in [-0.25, -0.2) is 0 Å². The van der Waals surface area contributed by atoms with E-state index in [0.717, 1.165) is 4.90 Å². The van der Waals surface area contributed by atoms with Gasteiger partial charge in [0.1, 0.15) is 0 Å². The molecule has 0 spiro atoms. The van der Waals surface area contributed by atoms with Crippen LogP contribution in [0.5, 0.6) is 0 Å². The Kier molecular flexibility index (Phi) is 4.77. The Morgan fingerprint density at radius 1 is 1.20 bits per heavy atom. The highest BCUT2D eigenvalue weighted by Gasteiger charge is 2.32. The van der Waals surface area contributed by atoms with Gasteiger partial charge in [0.2, 0.25) is 0 Å². The van der Waals surface area contributed by atoms with Crippen LogP contribution in [-0.4, -0.2) is 36.5 Å². The minimum Gasteiger partial charge on any atom is -0.298 e. The van der Waals surface area contributed by atoms with Gasteiger partial charge in [-0.2, -0.15) is 13.2 Å². The second-order valence-electron chi connectivity index (χ2n) is 4.59. The van der Waals surface area contributed by atoms with E-state index in [1.54, 1.807) is 27.7 Å². The van der Waals surface area contributed by atoms with Crippen molar-refractivity contribution < 1.29 is 18.0 Å². The number of Topliss-reactive ketones (excluding diaryl/α,β-unsaturated/α-hetero) is 1. The summed E-state index contributed by atoms with van der Waals surface area (Å²) in [5.74, 6) is -0.173. The van der Waals surface area contributed by atoms with Crippen molar-refractivity contribution in [1.29, 1.82) is 0 Å². The van der Waals surface area contributed by atoms with Crippen molar-refractivity contribution in [1.82, 2.24) is 4.90 Å². The van der Waals surface area contributed by atoms with E-state index in [0.29, 0.717) is 0 Å². The maximum Gasteiger partial charge on any atom is 0.401 e. The van der Waals surface area contributed by atoms with Crippen LogP contribution in [0.1, 0.15) is 27.7 Å². The number of alkyl halides is 3. The fourth-order valence-electron chi connectivity index (χ4n) is 0.973. The Hall–Kier alpha value is -0.580. The minimum absolute atomic E-state index is 0.139. The fraction of sp³-hybridized carbons (Fsp3) is 0.900. The van der Waals surface area contributed by atoms with Crippen molar-refractivity contribution in [3.05, 3.63) is 0 Å². The molecule has 0 aromatic heterocycles. The number of carbonyl (C=O) groups excluding carboxylic acids is 1. The molecule has 0 unspecified atom stereocenters. The molecule has 90 valence electrons. The van der Waals surface area contributed by atoms with E-state index in [2.05, 4.69) is 0 Å². The van der Waals surface area contributed by atoms with Gasteiger partial charge in [-0.05, 0) is 6.54 Å². The summed E-state index contributed by atoms with van der Waals surface area (Å²) in [5.41, 5.74) is -0.584. The van der Waals surface area contributed by atoms with Gasteiger partial charge in [-0.15, -0.1) is 0 Å². The quantitative estimate of drug-likeness (QED) is 0.732. The largest absolute Gasteiger partial charge is 0.401 e. The second-order valence-corrected chi connectivity index (χ2v) is 4.59. The lowest BCUT2D eigenvalue weighted by atomic mass is 9.90. The van der Waals surface area contributed by atoms with E-state index in [1.165, 1.54) is 0 Å². The van der Waals surface area contributed by atoms with Crippen LogP contribution < -0.4 is 0 Å². The summed E-state index contributed by atoms with van der Waals surface area (Å²) in [5, 5.41) is 0. The van der Waals surface area contributed by atoms with Crippen LogP contribution in [0, 0.1) is 5.41 Å². The van der Waals surface area contributed by atoms with Crippen molar-refractivity contribution in [2.75, 3.05) is 19.6 Å². The Labute approximate surface area is 88.4 Å². The molecule has 0 atom stereocenters. The molecule has 0 rings (SSSR count). The molecule has 0 saturated heterocycles. The molecule has 0 aliphatic carbocycles. The van der Waals surface area contributed by atoms with Crippen LogP contribution >= 0.6 is 0 Å². The number of carbonyl (C=O) groups is 1. The summed E-state index contributed by atoms with van der Waals surface area (Å²) in [7, 11) is 0. The van der Waals surface area contributed by atoms with Gasteiger partial charge in [0, 0.05) is 5.41 Å². The molecule has 0 aromatic carbocycles. The first-order chi connectivity index (χ1) is 6.56. The predicted octanol–water partition coefficient (Wildman–Crippen LogP) is 2.49. The predicted molar refractivity (Wildman–Crippen MR) is 52.6 cm³/mol. The molecule has 0 N–H and O–H groups in total. The lowest BCUT2D eigenvalue weighted by molar-refractivity contribution is -0.149. The van der Waals surface area contributed by atoms with Gasteiger partial charge in [0.05, 0.1) is 13.1 Å². The highest BCUT2D eigenvalue weighted by molar-refractivity contribution is 5.85. The van der Waals surface area contributed by atoms with E-state index >= 15 is 0 Å². The van der Waals surface area contributed by atoms with Gasteiger partial charge < -0.3 is 0 Å². The van der Waals surface area contributed by atoms with Gasteiger partial charge in [0.25, 0.3) is 0 Å². The lowest BCUT2D eigenvalue weighted by Gasteiger charge is -2.25. The average Bonchev–Trinajstić information content (AvgIpc) is 1.98. The third-order valence-electron chi connectivity index (χ3n) is 2.05. The normalized spacial score (nSPS) is 13.3. The molecule has 0 fully saturated rings. The molecular formula is C10H18F3NO. The Balaban J connectivity index is 4.29. The molecule has 0 bridgehead atoms. The van der Waals surface area contributed by atoms with Crippen molar-refractivity contribution in [3.63, 3.8) is 0 Å². The third kappa shape index (κ3) is 6.49. The van der Waals surface area contributed by atoms with Gasteiger partial charge in [0.15, 0.2) is 5.78 Å². The standard InChI is InChI=1S/C10H18F3NO/c1-5-14(7-10(11,12)13)6-8(15)9(2,3)4/h5-7H2,1-4H3. The Bertz CT molecular complexity index is 218. The van der Waals surface area contributed by atoms with Crippen LogP contribution in [0.15, 0.2) is 0 Å². The van der Waals surface area contributed by atoms with E-state index < -0.39 is 18.1 Å². The van der Waals surface area contributed by atoms with E-state index in [4.69, 9.17) is 0 Å². The van der Waals surface area contributed by atoms with Crippen molar-refractivity contribution >= 4 is 5.78 Å². The molecule has 0 saturated carbocycles. The monoisotopic (exact) mass is 225 g/mol. The van der Waals surface area contributed by atoms with Gasteiger partial charge >= 0.3 is 6.18 Å². The molecule has 0 aromatic rings. The number of nitrogens with zero attached hydrogens (tertiary/aromatic N) is 1. The maximum atomic E-state index is 12.1. The zero-order valence-corrected chi connectivity index (χ0v) is 9.61. The summed E-state index contributed by atoms with van der Waals surface area (Å²) in [6, 6.07) is 0. The zero-order chi connectivity index (χ0) is 12.3. The number of ketones is 1. The number of hydrogen-bond donors (Lipinski definition) is 0. The molecule has 0 heterocycles. The fourth-order valence-corrected chi connectivity index (χ4v) is 0.973. The van der Waals surface area contributed by atoms with Gasteiger partial charge in [-0.1, -0.05) is 27.7 Å². The zero-order valence-electron chi connectivity index (χ0n) is 9.61. The minimum atomic E-state index is -4.24. The van der Waals surface area contributed by atoms with Gasteiger partial charge in [-0.3, -0.25) is 9.69 Å². The summed E-state index contributed by atoms with van der Waals surface area (Å²) < 4.78 is 36.3. The summed E-state index contributed by atoms with van der Waals surface area (Å²) >= 11 is 0. The highest BCUT2D eigenvalue weighted by Crippen LogP contribution is 2.19. The van der Waals surface area contributed by atoms with Crippen LogP contribution in [-0.2, 0) is 4.79 Å². The second kappa shape index (κ2) is 4.96. The van der Waals surface area contributed by atoms with Crippen molar-refractivity contribution in [3.8, 4) is 0 Å². The number of hydrogen-bond acceptors (Lipinski definition) is 2. The van der Waals surface area contributed by atoms with Crippen LogP contribution in [0.25, 0.3) is 0 Å². The molecule has 0 aliphatic heterocycles. The summed E-state index contributed by atoms with van der Waals surface area (Å²) in [6.45, 7) is 5.79. The molecular weight excluding hydrogens is 207 g/mol. The van der Waals surface area contributed by atoms with Crippen molar-refractivity contribution in [2.45, 2.75) is 33.9 Å². The summed E-state index contributed by atoms with van der Waals surface area (Å²) in [4.78, 5) is 12.6. The first-order valence-electron chi connectivity index (χ1n) is 4.88. The maximum absolute atomic E-state index is 12.1. The number of halogens is 3. The molecule has 0 aliphatic rings. The molecule has 15 heavy (non-hydrogen) atoms. The summed E-state index contributed by atoms with van der Waals surface area (Å²) in [6.07, 6.45) is -4.24. The Morgan fingerprint density at radius 3 is 1.93 bits per heavy atom. The smallest absolute Gasteiger partial charge is 0.298 e. The van der Waals surface area contributed by atoms with E-state index in [-0.39, 0.29) is 18.9 Å². The van der Waals surface area contributed by atoms with E-state index in [9.17, 15) is 18.0 Å². The van der Waals surface area contributed by atoms with Crippen LogP contribution in [0.2, 0.25) is 0 Å². The van der Waals surface area contributed by atoms with Crippen molar-refractivity contribution in [2.24, 2.45) is 5.41 Å². The topological polar surface area (TPSA) is 20.3 Å². The number of rotatable bonds is 4. The molecule has 0 radical (unpaired) electrons. The first kappa shape index (κ1) is 14.4. The third-order valence-corrected chi connectivity index (χ3v) is 2.05. The first-order valence-corrected chi connectivity index (χ1v) is 4.88. The van der Waals surface area contributed by atoms with Crippen LogP contribution in [0.4, 0.5) is 13.2 Å². The van der Waals surface area contributed by atoms with Crippen LogP contribution in [0.3, 0.4) is 0 Å². The van der Waals surface area contributed by atoms with E-state index in [1.807, 2.05) is 0 Å². The molecule has 0 amide bonds. The highest BCUT2D eigenvalue weighted by atomic mass is 19.4. The Morgan fingerprint density at radius 2 is 1.67 bits per heavy atom. The number of likely N-dealkylation sites (N-methyl/N-ethyl adjacent to an activating group) is 1. The average molecular weight is 225 g/mol. The molecule has 2 nitrogen and oxygen atoms in total. The molecule has 5 heteroatoms. The lowest BCUT2D eigenvalue weighted by Crippen LogP contribution is -2.40.